The maximum Gasteiger partial charge on any atom is 0.320 e. The quantitative estimate of drug-likeness (QED) is 0.729. The molecule has 2 aromatic rings. The maximum absolute atomic E-state index is 10.8. The van der Waals surface area contributed by atoms with Gasteiger partial charge in [0.2, 0.25) is 0 Å². The third-order valence-corrected chi connectivity index (χ3v) is 3.08. The maximum atomic E-state index is 10.8. The minimum Gasteiger partial charge on any atom is -0.497 e. The van der Waals surface area contributed by atoms with Gasteiger partial charge >= 0.3 is 5.97 Å². The van der Waals surface area contributed by atoms with Crippen molar-refractivity contribution >= 4 is 5.97 Å². The van der Waals surface area contributed by atoms with Gasteiger partial charge in [-0.3, -0.25) is 4.79 Å². The second-order valence-corrected chi connectivity index (χ2v) is 4.50. The summed E-state index contributed by atoms with van der Waals surface area (Å²) in [5.74, 6) is -0.227. The number of nitrogens with zero attached hydrogens (tertiary/aromatic N) is 1. The number of carboxylic acids is 1. The number of ether oxygens (including phenoxy) is 1. The first-order valence-corrected chi connectivity index (χ1v) is 6.22. The topological polar surface area (TPSA) is 101 Å². The van der Waals surface area contributed by atoms with Gasteiger partial charge in [0.1, 0.15) is 11.8 Å². The van der Waals surface area contributed by atoms with E-state index in [1.54, 1.807) is 13.4 Å². The molecule has 1 aromatic carbocycles. The third-order valence-electron chi connectivity index (χ3n) is 3.08. The average molecular weight is 275 g/mol. The third kappa shape index (κ3) is 3.36. The Morgan fingerprint density at radius 3 is 2.75 bits per heavy atom. The summed E-state index contributed by atoms with van der Waals surface area (Å²) in [5, 5.41) is 8.84. The highest BCUT2D eigenvalue weighted by Crippen LogP contribution is 2.16. The van der Waals surface area contributed by atoms with Crippen molar-refractivity contribution in [1.82, 2.24) is 9.97 Å². The fraction of sp³-hybridized carbons (Fsp3) is 0.286. The number of H-pyrrole nitrogens is 1. The van der Waals surface area contributed by atoms with Crippen LogP contribution >= 0.6 is 0 Å². The SMILES string of the molecule is COc1ccc(Cc2[nH]cnc2C[C@H](N)C(=O)O)cc1. The summed E-state index contributed by atoms with van der Waals surface area (Å²) in [7, 11) is 1.62. The standard InChI is InChI=1S/C14H17N3O3/c1-20-10-4-2-9(3-5-10)6-12-13(17-8-16-12)7-11(15)14(18)19/h2-5,8,11H,6-7,15H2,1H3,(H,16,17)(H,18,19)/t11-/m0/s1. The Kier molecular flexibility index (Phi) is 4.37. The fourth-order valence-electron chi connectivity index (χ4n) is 1.92. The highest BCUT2D eigenvalue weighted by molar-refractivity contribution is 5.73. The number of methoxy groups -OCH3 is 1. The molecule has 0 saturated heterocycles. The molecule has 1 atom stereocenters. The number of benzene rings is 1. The van der Waals surface area contributed by atoms with Crippen LogP contribution < -0.4 is 10.5 Å². The smallest absolute Gasteiger partial charge is 0.320 e. The molecule has 0 saturated carbocycles. The number of aliphatic carboxylic acids is 1. The lowest BCUT2D eigenvalue weighted by atomic mass is 10.0. The molecule has 2 rings (SSSR count). The zero-order chi connectivity index (χ0) is 14.5. The molecule has 6 nitrogen and oxygen atoms in total. The molecule has 0 spiro atoms. The highest BCUT2D eigenvalue weighted by Gasteiger charge is 2.16. The molecule has 20 heavy (non-hydrogen) atoms. The van der Waals surface area contributed by atoms with Crippen LogP contribution in [0.2, 0.25) is 0 Å². The van der Waals surface area contributed by atoms with Crippen molar-refractivity contribution < 1.29 is 14.6 Å². The van der Waals surface area contributed by atoms with Crippen LogP contribution in [0, 0.1) is 0 Å². The van der Waals surface area contributed by atoms with E-state index in [1.807, 2.05) is 24.3 Å². The van der Waals surface area contributed by atoms with Crippen molar-refractivity contribution in [1.29, 1.82) is 0 Å². The van der Waals surface area contributed by atoms with E-state index in [0.717, 1.165) is 17.0 Å². The summed E-state index contributed by atoms with van der Waals surface area (Å²) in [5.41, 5.74) is 8.19. The molecule has 0 unspecified atom stereocenters. The van der Waals surface area contributed by atoms with Crippen molar-refractivity contribution in [3.63, 3.8) is 0 Å². The van der Waals surface area contributed by atoms with Gasteiger partial charge in [-0.15, -0.1) is 0 Å². The first-order chi connectivity index (χ1) is 9.60. The molecule has 1 heterocycles. The fourth-order valence-corrected chi connectivity index (χ4v) is 1.92. The van der Waals surface area contributed by atoms with E-state index in [4.69, 9.17) is 15.6 Å². The van der Waals surface area contributed by atoms with Crippen molar-refractivity contribution in [2.75, 3.05) is 7.11 Å². The van der Waals surface area contributed by atoms with Gasteiger partial charge < -0.3 is 20.6 Å². The van der Waals surface area contributed by atoms with Gasteiger partial charge in [-0.05, 0) is 17.7 Å². The average Bonchev–Trinajstić information content (AvgIpc) is 2.86. The number of aromatic amines is 1. The first kappa shape index (κ1) is 14.1. The summed E-state index contributed by atoms with van der Waals surface area (Å²) in [6.07, 6.45) is 2.42. The zero-order valence-electron chi connectivity index (χ0n) is 11.2. The molecule has 6 heteroatoms. The summed E-state index contributed by atoms with van der Waals surface area (Å²) in [4.78, 5) is 18.0. The van der Waals surface area contributed by atoms with E-state index in [-0.39, 0.29) is 6.42 Å². The number of nitrogens with two attached hydrogens (primary N) is 1. The number of hydrogen-bond acceptors (Lipinski definition) is 4. The van der Waals surface area contributed by atoms with Crippen LogP contribution in [-0.4, -0.2) is 34.2 Å². The lowest BCUT2D eigenvalue weighted by molar-refractivity contribution is -0.138. The van der Waals surface area contributed by atoms with Gasteiger partial charge in [-0.1, -0.05) is 12.1 Å². The first-order valence-electron chi connectivity index (χ1n) is 6.22. The van der Waals surface area contributed by atoms with Gasteiger partial charge in [0, 0.05) is 18.5 Å². The molecule has 0 aliphatic heterocycles. The molecular formula is C14H17N3O3. The van der Waals surface area contributed by atoms with Gasteiger partial charge in [0.25, 0.3) is 0 Å². The lowest BCUT2D eigenvalue weighted by Crippen LogP contribution is -2.32. The van der Waals surface area contributed by atoms with Crippen molar-refractivity contribution in [3.8, 4) is 5.75 Å². The molecule has 0 fully saturated rings. The molecule has 0 amide bonds. The van der Waals surface area contributed by atoms with Crippen LogP contribution in [0.15, 0.2) is 30.6 Å². The van der Waals surface area contributed by atoms with E-state index >= 15 is 0 Å². The summed E-state index contributed by atoms with van der Waals surface area (Å²) in [6, 6.07) is 6.75. The number of carbonyl (C=O) groups is 1. The Balaban J connectivity index is 2.09. The zero-order valence-corrected chi connectivity index (χ0v) is 11.2. The summed E-state index contributed by atoms with van der Waals surface area (Å²) >= 11 is 0. The normalized spacial score (nSPS) is 12.1. The van der Waals surface area contributed by atoms with Crippen LogP contribution in [0.25, 0.3) is 0 Å². The second kappa shape index (κ2) is 6.21. The summed E-state index contributed by atoms with van der Waals surface area (Å²) in [6.45, 7) is 0. The van der Waals surface area contributed by atoms with Crippen molar-refractivity contribution in [2.45, 2.75) is 18.9 Å². The predicted molar refractivity (Wildman–Crippen MR) is 73.7 cm³/mol. The monoisotopic (exact) mass is 275 g/mol. The number of carboxylic acid groups (broad SMARTS) is 1. The number of hydrogen-bond donors (Lipinski definition) is 3. The Labute approximate surface area is 116 Å². The van der Waals surface area contributed by atoms with Crippen LogP contribution in [0.1, 0.15) is 17.0 Å². The second-order valence-electron chi connectivity index (χ2n) is 4.50. The van der Waals surface area contributed by atoms with E-state index in [2.05, 4.69) is 9.97 Å². The number of nitrogens with one attached hydrogen (secondary N) is 1. The molecule has 1 aromatic heterocycles. The Bertz CT molecular complexity index is 578. The highest BCUT2D eigenvalue weighted by atomic mass is 16.5. The summed E-state index contributed by atoms with van der Waals surface area (Å²) < 4.78 is 5.11. The van der Waals surface area contributed by atoms with Crippen LogP contribution in [0.3, 0.4) is 0 Å². The van der Waals surface area contributed by atoms with Gasteiger partial charge in [0.05, 0.1) is 19.1 Å². The molecule has 106 valence electrons. The number of rotatable bonds is 6. The van der Waals surface area contributed by atoms with E-state index < -0.39 is 12.0 Å². The Morgan fingerprint density at radius 1 is 1.45 bits per heavy atom. The minimum atomic E-state index is -1.02. The van der Waals surface area contributed by atoms with Crippen LogP contribution in [0.5, 0.6) is 5.75 Å². The minimum absolute atomic E-state index is 0.213. The van der Waals surface area contributed by atoms with Crippen LogP contribution in [-0.2, 0) is 17.6 Å². The van der Waals surface area contributed by atoms with Gasteiger partial charge in [-0.2, -0.15) is 0 Å². The van der Waals surface area contributed by atoms with E-state index in [9.17, 15) is 4.79 Å². The molecular weight excluding hydrogens is 258 g/mol. The molecule has 0 aliphatic rings. The van der Waals surface area contributed by atoms with Crippen molar-refractivity contribution in [3.05, 3.63) is 47.5 Å². The predicted octanol–water partition coefficient (Wildman–Crippen LogP) is 0.963. The van der Waals surface area contributed by atoms with Gasteiger partial charge in [0.15, 0.2) is 0 Å². The molecule has 0 radical (unpaired) electrons. The largest absolute Gasteiger partial charge is 0.497 e. The number of aromatic nitrogens is 2. The lowest BCUT2D eigenvalue weighted by Gasteiger charge is -2.07. The van der Waals surface area contributed by atoms with E-state index in [0.29, 0.717) is 12.1 Å². The Hall–Kier alpha value is -2.34. The van der Waals surface area contributed by atoms with Gasteiger partial charge in [-0.25, -0.2) is 4.98 Å². The van der Waals surface area contributed by atoms with Crippen molar-refractivity contribution in [2.24, 2.45) is 5.73 Å². The molecule has 0 bridgehead atoms. The van der Waals surface area contributed by atoms with Crippen LogP contribution in [0.4, 0.5) is 0 Å². The van der Waals surface area contributed by atoms with E-state index in [1.165, 1.54) is 0 Å². The molecule has 0 aliphatic carbocycles. The molecule has 4 N–H and O–H groups in total. The number of imidazole rings is 1. The Morgan fingerprint density at radius 2 is 2.15 bits per heavy atom.